The third kappa shape index (κ3) is 4.24. The summed E-state index contributed by atoms with van der Waals surface area (Å²) in [5, 5.41) is 9.94. The first-order valence-corrected chi connectivity index (χ1v) is 10.3. The number of rotatable bonds is 6. The fraction of sp³-hybridized carbons (Fsp3) is 0.333. The summed E-state index contributed by atoms with van der Waals surface area (Å²) in [5.41, 5.74) is 0.978. The van der Waals surface area contributed by atoms with Crippen molar-refractivity contribution in [3.8, 4) is 0 Å². The molecule has 2 aliphatic heterocycles. The first-order chi connectivity index (χ1) is 14.6. The molecule has 6 heteroatoms. The van der Waals surface area contributed by atoms with Crippen LogP contribution in [0.4, 0.5) is 0 Å². The van der Waals surface area contributed by atoms with Gasteiger partial charge < -0.3 is 19.6 Å². The number of hydrogen-bond acceptors (Lipinski definition) is 5. The molecule has 2 heterocycles. The van der Waals surface area contributed by atoms with Crippen LogP contribution in [0.1, 0.15) is 24.8 Å². The van der Waals surface area contributed by atoms with Gasteiger partial charge in [-0.15, -0.1) is 0 Å². The van der Waals surface area contributed by atoms with Crippen LogP contribution >= 0.6 is 0 Å². The Bertz CT molecular complexity index is 922. The second-order valence-corrected chi connectivity index (χ2v) is 7.92. The Morgan fingerprint density at radius 3 is 2.60 bits per heavy atom. The Morgan fingerprint density at radius 2 is 1.90 bits per heavy atom. The summed E-state index contributed by atoms with van der Waals surface area (Å²) in [6.45, 7) is 3.09. The number of ketones is 1. The molecule has 0 spiro atoms. The molecule has 0 saturated carbocycles. The minimum atomic E-state index is -0.794. The van der Waals surface area contributed by atoms with Crippen molar-refractivity contribution in [2.45, 2.75) is 24.7 Å². The summed E-state index contributed by atoms with van der Waals surface area (Å²) in [5.74, 6) is 0.0379. The molecule has 0 aromatic heterocycles. The first-order valence-electron chi connectivity index (χ1n) is 10.3. The molecule has 1 aromatic rings. The number of ether oxygens (including phenoxy) is 1. The van der Waals surface area contributed by atoms with Gasteiger partial charge in [0.15, 0.2) is 5.78 Å². The normalized spacial score (nSPS) is 21.1. The number of hydrogen-bond donors (Lipinski definition) is 1. The molecule has 0 amide bonds. The predicted octanol–water partition coefficient (Wildman–Crippen LogP) is 3.21. The van der Waals surface area contributed by atoms with E-state index < -0.39 is 11.4 Å². The highest BCUT2D eigenvalue weighted by molar-refractivity contribution is 5.93. The summed E-state index contributed by atoms with van der Waals surface area (Å²) in [7, 11) is 0. The van der Waals surface area contributed by atoms with Crippen molar-refractivity contribution >= 4 is 11.8 Å². The van der Waals surface area contributed by atoms with E-state index >= 15 is 0 Å². The molecule has 1 saturated heterocycles. The number of piperidine rings is 1. The van der Waals surface area contributed by atoms with Crippen molar-refractivity contribution < 1.29 is 19.4 Å². The van der Waals surface area contributed by atoms with E-state index in [4.69, 9.17) is 4.74 Å². The van der Waals surface area contributed by atoms with Gasteiger partial charge >= 0.3 is 5.97 Å². The van der Waals surface area contributed by atoms with Gasteiger partial charge in [0.25, 0.3) is 0 Å². The van der Waals surface area contributed by atoms with Crippen LogP contribution in [0, 0.1) is 0 Å². The zero-order valence-electron chi connectivity index (χ0n) is 16.9. The Morgan fingerprint density at radius 1 is 1.13 bits per heavy atom. The number of carboxylic acids is 1. The van der Waals surface area contributed by atoms with Crippen molar-refractivity contribution in [2.75, 3.05) is 26.2 Å². The van der Waals surface area contributed by atoms with Gasteiger partial charge in [0, 0.05) is 37.5 Å². The fourth-order valence-corrected chi connectivity index (χ4v) is 4.25. The largest absolute Gasteiger partial charge is 0.481 e. The third-order valence-electron chi connectivity index (χ3n) is 6.11. The van der Waals surface area contributed by atoms with E-state index in [0.29, 0.717) is 25.0 Å². The summed E-state index contributed by atoms with van der Waals surface area (Å²) in [6.07, 6.45) is 12.2. The van der Waals surface area contributed by atoms with Gasteiger partial charge in [0.05, 0.1) is 5.41 Å². The van der Waals surface area contributed by atoms with Gasteiger partial charge in [-0.3, -0.25) is 9.59 Å². The van der Waals surface area contributed by atoms with Gasteiger partial charge in [0.2, 0.25) is 0 Å². The molecule has 1 fully saturated rings. The lowest BCUT2D eigenvalue weighted by atomic mass is 9.73. The maximum Gasteiger partial charge on any atom is 0.314 e. The van der Waals surface area contributed by atoms with Crippen LogP contribution in [-0.2, 0) is 19.7 Å². The summed E-state index contributed by atoms with van der Waals surface area (Å²) < 4.78 is 5.60. The van der Waals surface area contributed by atoms with Gasteiger partial charge in [0.1, 0.15) is 12.0 Å². The maximum absolute atomic E-state index is 12.1. The average Bonchev–Trinajstić information content (AvgIpc) is 2.79. The van der Waals surface area contributed by atoms with E-state index in [0.717, 1.165) is 37.3 Å². The van der Waals surface area contributed by atoms with E-state index in [2.05, 4.69) is 9.80 Å². The highest BCUT2D eigenvalue weighted by Crippen LogP contribution is 2.36. The average molecular weight is 406 g/mol. The third-order valence-corrected chi connectivity index (χ3v) is 6.11. The standard InChI is InChI=1S/C24H26N2O4/c27-21-8-4-5-19(17-21)22-18-26(15-16-30-22)14-13-25-11-9-24(10-12-25,23(28)29)20-6-2-1-3-7-20/h1-8,15-16,18H,9-14,17H2,(H,28,29). The summed E-state index contributed by atoms with van der Waals surface area (Å²) in [6, 6.07) is 9.59. The number of carboxylic acid groups (broad SMARTS) is 1. The number of aliphatic carboxylic acids is 1. The van der Waals surface area contributed by atoms with Gasteiger partial charge in [-0.25, -0.2) is 0 Å². The molecule has 0 unspecified atom stereocenters. The van der Waals surface area contributed by atoms with Crippen LogP contribution in [-0.4, -0.2) is 52.8 Å². The lowest BCUT2D eigenvalue weighted by molar-refractivity contribution is -0.146. The van der Waals surface area contributed by atoms with Crippen LogP contribution in [0.5, 0.6) is 0 Å². The maximum atomic E-state index is 12.1. The molecule has 1 aliphatic carbocycles. The number of carbonyl (C=O) groups is 2. The second kappa shape index (κ2) is 8.71. The van der Waals surface area contributed by atoms with Gasteiger partial charge in [-0.05, 0) is 37.6 Å². The van der Waals surface area contributed by atoms with E-state index in [1.54, 1.807) is 18.4 Å². The quantitative estimate of drug-likeness (QED) is 0.782. The fourth-order valence-electron chi connectivity index (χ4n) is 4.25. The molecule has 1 N–H and O–H groups in total. The lowest BCUT2D eigenvalue weighted by Crippen LogP contribution is -2.48. The predicted molar refractivity (Wildman–Crippen MR) is 113 cm³/mol. The number of likely N-dealkylation sites (tertiary alicyclic amines) is 1. The zero-order valence-corrected chi connectivity index (χ0v) is 16.9. The molecular formula is C24H26N2O4. The second-order valence-electron chi connectivity index (χ2n) is 7.92. The van der Waals surface area contributed by atoms with Crippen molar-refractivity contribution in [3.05, 3.63) is 84.1 Å². The molecule has 6 nitrogen and oxygen atoms in total. The van der Waals surface area contributed by atoms with Crippen molar-refractivity contribution in [2.24, 2.45) is 0 Å². The Labute approximate surface area is 176 Å². The lowest BCUT2D eigenvalue weighted by Gasteiger charge is -2.39. The summed E-state index contributed by atoms with van der Waals surface area (Å²) in [4.78, 5) is 28.1. The Hall–Kier alpha value is -3.12. The van der Waals surface area contributed by atoms with Crippen molar-refractivity contribution in [3.63, 3.8) is 0 Å². The van der Waals surface area contributed by atoms with Crippen molar-refractivity contribution in [1.29, 1.82) is 0 Å². The zero-order chi connectivity index (χ0) is 21.0. The Kier molecular flexibility index (Phi) is 5.86. The van der Waals surface area contributed by atoms with E-state index in [1.807, 2.05) is 48.8 Å². The molecule has 0 atom stereocenters. The smallest absolute Gasteiger partial charge is 0.314 e. The Balaban J connectivity index is 1.34. The van der Waals surface area contributed by atoms with E-state index in [-0.39, 0.29) is 5.78 Å². The molecule has 0 bridgehead atoms. The van der Waals surface area contributed by atoms with Gasteiger partial charge in [-0.2, -0.15) is 0 Å². The van der Waals surface area contributed by atoms with Crippen LogP contribution in [0.15, 0.2) is 78.6 Å². The molecular weight excluding hydrogens is 380 g/mol. The first kappa shape index (κ1) is 20.2. The van der Waals surface area contributed by atoms with Crippen LogP contribution in [0.2, 0.25) is 0 Å². The SMILES string of the molecule is O=C1C=CC=C(C2=CN(CCN3CCC(C(=O)O)(c4ccccc4)CC3)C=CO2)C1. The molecule has 1 aromatic carbocycles. The van der Waals surface area contributed by atoms with E-state index in [9.17, 15) is 14.7 Å². The van der Waals surface area contributed by atoms with Crippen LogP contribution < -0.4 is 0 Å². The molecule has 30 heavy (non-hydrogen) atoms. The molecule has 4 rings (SSSR count). The molecule has 0 radical (unpaired) electrons. The number of nitrogens with zero attached hydrogens (tertiary/aromatic N) is 2. The van der Waals surface area contributed by atoms with Crippen molar-refractivity contribution in [1.82, 2.24) is 9.80 Å². The van der Waals surface area contributed by atoms with Crippen LogP contribution in [0.3, 0.4) is 0 Å². The minimum absolute atomic E-state index is 0.0757. The number of allylic oxidation sites excluding steroid dienone is 4. The highest BCUT2D eigenvalue weighted by atomic mass is 16.5. The molecule has 156 valence electrons. The highest BCUT2D eigenvalue weighted by Gasteiger charge is 2.42. The van der Waals surface area contributed by atoms with Crippen LogP contribution in [0.25, 0.3) is 0 Å². The number of benzene rings is 1. The number of carbonyl (C=O) groups excluding carboxylic acids is 1. The summed E-state index contributed by atoms with van der Waals surface area (Å²) >= 11 is 0. The minimum Gasteiger partial charge on any atom is -0.481 e. The molecule has 3 aliphatic rings. The topological polar surface area (TPSA) is 70.1 Å². The monoisotopic (exact) mass is 406 g/mol. The van der Waals surface area contributed by atoms with Gasteiger partial charge in [-0.1, -0.05) is 42.5 Å². The van der Waals surface area contributed by atoms with E-state index in [1.165, 1.54) is 0 Å².